The first-order valence-electron chi connectivity index (χ1n) is 9.27. The van der Waals surface area contributed by atoms with E-state index in [1.165, 1.54) is 0 Å². The molecule has 0 saturated heterocycles. The van der Waals surface area contributed by atoms with Gasteiger partial charge in [0.1, 0.15) is 29.8 Å². The summed E-state index contributed by atoms with van der Waals surface area (Å²) >= 11 is 0. The maximum Gasteiger partial charge on any atom is 0.338 e. The molecule has 6 nitrogen and oxygen atoms in total. The topological polar surface area (TPSA) is 94.6 Å². The van der Waals surface area contributed by atoms with Gasteiger partial charge in [0, 0.05) is 0 Å². The molecule has 0 radical (unpaired) electrons. The van der Waals surface area contributed by atoms with Crippen LogP contribution in [0.1, 0.15) is 30.9 Å². The fraction of sp³-hybridized carbons (Fsp3) is 0.217. The van der Waals surface area contributed by atoms with E-state index in [1.54, 1.807) is 19.1 Å². The molecule has 0 unspecified atom stereocenters. The van der Waals surface area contributed by atoms with Crippen molar-refractivity contribution in [3.05, 3.63) is 88.5 Å². The molecule has 2 N–H and O–H groups in total. The number of carbonyl (C=O) groups excluding carboxylic acids is 1. The first-order valence-corrected chi connectivity index (χ1v) is 9.27. The molecule has 1 atom stereocenters. The van der Waals surface area contributed by atoms with Crippen LogP contribution in [0.15, 0.2) is 77.4 Å². The van der Waals surface area contributed by atoms with Crippen molar-refractivity contribution in [2.24, 2.45) is 5.73 Å². The largest absolute Gasteiger partial charge is 0.494 e. The third-order valence-corrected chi connectivity index (χ3v) is 4.56. The quantitative estimate of drug-likeness (QED) is 0.752. The first kappa shape index (κ1) is 20.0. The minimum atomic E-state index is -0.673. The van der Waals surface area contributed by atoms with Gasteiger partial charge in [-0.1, -0.05) is 42.5 Å². The van der Waals surface area contributed by atoms with Gasteiger partial charge in [-0.25, -0.2) is 4.79 Å². The van der Waals surface area contributed by atoms with Crippen LogP contribution in [0.5, 0.6) is 5.75 Å². The lowest BCUT2D eigenvalue weighted by molar-refractivity contribution is -0.140. The van der Waals surface area contributed by atoms with Crippen molar-refractivity contribution in [3.63, 3.8) is 0 Å². The van der Waals surface area contributed by atoms with Crippen LogP contribution in [0.2, 0.25) is 0 Å². The van der Waals surface area contributed by atoms with E-state index in [4.69, 9.17) is 19.9 Å². The predicted octanol–water partition coefficient (Wildman–Crippen LogP) is 3.91. The Morgan fingerprint density at radius 1 is 1.17 bits per heavy atom. The molecular formula is C23H22N2O4. The number of ether oxygens (including phenoxy) is 3. The van der Waals surface area contributed by atoms with E-state index in [1.807, 2.05) is 49.4 Å². The molecule has 29 heavy (non-hydrogen) atoms. The van der Waals surface area contributed by atoms with Crippen LogP contribution in [0.25, 0.3) is 0 Å². The number of nitriles is 1. The van der Waals surface area contributed by atoms with Gasteiger partial charge in [-0.05, 0) is 37.1 Å². The lowest BCUT2D eigenvalue weighted by Gasteiger charge is -2.27. The molecular weight excluding hydrogens is 368 g/mol. The molecule has 2 aromatic carbocycles. The summed E-state index contributed by atoms with van der Waals surface area (Å²) in [5, 5.41) is 9.66. The summed E-state index contributed by atoms with van der Waals surface area (Å²) in [5.74, 6) is -0.215. The third-order valence-electron chi connectivity index (χ3n) is 4.56. The smallest absolute Gasteiger partial charge is 0.338 e. The molecule has 1 heterocycles. The molecule has 0 aliphatic carbocycles. The molecule has 0 fully saturated rings. The minimum Gasteiger partial charge on any atom is -0.494 e. The van der Waals surface area contributed by atoms with Crippen LogP contribution in [0.3, 0.4) is 0 Å². The van der Waals surface area contributed by atoms with Crippen molar-refractivity contribution in [1.82, 2.24) is 0 Å². The van der Waals surface area contributed by atoms with Crippen LogP contribution in [0, 0.1) is 11.3 Å². The molecule has 1 aliphatic rings. The van der Waals surface area contributed by atoms with E-state index in [-0.39, 0.29) is 23.6 Å². The average Bonchev–Trinajstić information content (AvgIpc) is 2.73. The van der Waals surface area contributed by atoms with Crippen LogP contribution in [0.4, 0.5) is 0 Å². The number of nitrogens with zero attached hydrogens (tertiary/aromatic N) is 1. The van der Waals surface area contributed by atoms with Crippen LogP contribution >= 0.6 is 0 Å². The SMILES string of the molecule is CCOc1ccc([C@H]2C(C#N)=C(N)OC(C)=C2C(=O)OCc2ccccc2)cc1. The third kappa shape index (κ3) is 4.41. The molecule has 0 spiro atoms. The highest BCUT2D eigenvalue weighted by atomic mass is 16.5. The summed E-state index contributed by atoms with van der Waals surface area (Å²) in [4.78, 5) is 12.9. The van der Waals surface area contributed by atoms with Crippen LogP contribution in [-0.2, 0) is 20.9 Å². The Morgan fingerprint density at radius 2 is 1.86 bits per heavy atom. The molecule has 148 valence electrons. The maximum absolute atomic E-state index is 12.9. The van der Waals surface area contributed by atoms with Gasteiger partial charge < -0.3 is 19.9 Å². The number of allylic oxidation sites excluding steroid dienone is 2. The maximum atomic E-state index is 12.9. The second kappa shape index (κ2) is 8.98. The van der Waals surface area contributed by atoms with Gasteiger partial charge in [0.2, 0.25) is 5.88 Å². The second-order valence-electron chi connectivity index (χ2n) is 6.46. The van der Waals surface area contributed by atoms with Gasteiger partial charge in [0.25, 0.3) is 0 Å². The van der Waals surface area contributed by atoms with E-state index >= 15 is 0 Å². The first-order chi connectivity index (χ1) is 14.0. The highest BCUT2D eigenvalue weighted by Gasteiger charge is 2.36. The number of benzene rings is 2. The van der Waals surface area contributed by atoms with Crippen molar-refractivity contribution in [2.75, 3.05) is 6.61 Å². The van der Waals surface area contributed by atoms with Gasteiger partial charge >= 0.3 is 5.97 Å². The van der Waals surface area contributed by atoms with Gasteiger partial charge in [-0.2, -0.15) is 5.26 Å². The highest BCUT2D eigenvalue weighted by Crippen LogP contribution is 2.40. The number of carbonyl (C=O) groups is 1. The Hall–Kier alpha value is -3.72. The summed E-state index contributed by atoms with van der Waals surface area (Å²) in [6, 6.07) is 18.7. The Labute approximate surface area is 169 Å². The van der Waals surface area contributed by atoms with Crippen molar-refractivity contribution in [3.8, 4) is 11.8 Å². The molecule has 0 aromatic heterocycles. The van der Waals surface area contributed by atoms with Crippen LogP contribution in [-0.4, -0.2) is 12.6 Å². The Balaban J connectivity index is 1.92. The van der Waals surface area contributed by atoms with Crippen molar-refractivity contribution in [1.29, 1.82) is 5.26 Å². The van der Waals surface area contributed by atoms with Gasteiger partial charge in [0.05, 0.1) is 18.1 Å². The number of hydrogen-bond acceptors (Lipinski definition) is 6. The van der Waals surface area contributed by atoms with Gasteiger partial charge in [-0.3, -0.25) is 0 Å². The normalized spacial score (nSPS) is 16.1. The predicted molar refractivity (Wildman–Crippen MR) is 107 cm³/mol. The van der Waals surface area contributed by atoms with Crippen molar-refractivity contribution < 1.29 is 19.0 Å². The monoisotopic (exact) mass is 390 g/mol. The summed E-state index contributed by atoms with van der Waals surface area (Å²) in [6.45, 7) is 4.20. The fourth-order valence-electron chi connectivity index (χ4n) is 3.20. The average molecular weight is 390 g/mol. The van der Waals surface area contributed by atoms with Crippen LogP contribution < -0.4 is 10.5 Å². The zero-order chi connectivity index (χ0) is 20.8. The van der Waals surface area contributed by atoms with E-state index < -0.39 is 11.9 Å². The summed E-state index contributed by atoms with van der Waals surface area (Å²) in [5.41, 5.74) is 7.96. The molecule has 6 heteroatoms. The molecule has 1 aliphatic heterocycles. The van der Waals surface area contributed by atoms with Gasteiger partial charge in [0.15, 0.2) is 0 Å². The lowest BCUT2D eigenvalue weighted by Crippen LogP contribution is -2.25. The molecule has 0 bridgehead atoms. The van der Waals surface area contributed by atoms with E-state index in [2.05, 4.69) is 6.07 Å². The Kier molecular flexibility index (Phi) is 6.20. The molecule has 0 amide bonds. The standard InChI is InChI=1S/C23H22N2O4/c1-3-27-18-11-9-17(10-12-18)21-19(13-24)22(25)29-15(2)20(21)23(26)28-14-16-7-5-4-6-8-16/h4-12,21H,3,14,25H2,1-2H3/t21-/m0/s1. The van der Waals surface area contributed by atoms with Crippen molar-refractivity contribution in [2.45, 2.75) is 26.4 Å². The zero-order valence-electron chi connectivity index (χ0n) is 16.3. The van der Waals surface area contributed by atoms with E-state index in [0.29, 0.717) is 18.1 Å². The Morgan fingerprint density at radius 3 is 2.48 bits per heavy atom. The molecule has 2 aromatic rings. The Bertz CT molecular complexity index is 986. The van der Waals surface area contributed by atoms with Crippen molar-refractivity contribution >= 4 is 5.97 Å². The number of hydrogen-bond donors (Lipinski definition) is 1. The zero-order valence-corrected chi connectivity index (χ0v) is 16.3. The molecule has 3 rings (SSSR count). The highest BCUT2D eigenvalue weighted by molar-refractivity contribution is 5.92. The van der Waals surface area contributed by atoms with Gasteiger partial charge in [-0.15, -0.1) is 0 Å². The lowest BCUT2D eigenvalue weighted by atomic mass is 9.83. The molecule has 0 saturated carbocycles. The fourth-order valence-corrected chi connectivity index (χ4v) is 3.20. The second-order valence-corrected chi connectivity index (χ2v) is 6.46. The summed E-state index contributed by atoms with van der Waals surface area (Å²) in [6.07, 6.45) is 0. The number of esters is 1. The van der Waals surface area contributed by atoms with E-state index in [0.717, 1.165) is 11.1 Å². The number of nitrogens with two attached hydrogens (primary N) is 1. The van der Waals surface area contributed by atoms with E-state index in [9.17, 15) is 10.1 Å². The minimum absolute atomic E-state index is 0.0107. The summed E-state index contributed by atoms with van der Waals surface area (Å²) in [7, 11) is 0. The summed E-state index contributed by atoms with van der Waals surface area (Å²) < 4.78 is 16.5. The number of rotatable bonds is 6.